The molecule has 3 aromatic carbocycles. The van der Waals surface area contributed by atoms with Crippen LogP contribution in [0.4, 0.5) is 0 Å². The fourth-order valence-corrected chi connectivity index (χ4v) is 3.06. The minimum atomic E-state index is -0.0784. The molecule has 0 saturated carbocycles. The van der Waals surface area contributed by atoms with Crippen LogP contribution in [0.1, 0.15) is 15.9 Å². The number of hydrogen-bond acceptors (Lipinski definition) is 3. The molecular formula is C20H17NO3. The largest absolute Gasteiger partial charge is 0.454 e. The molecule has 0 bridgehead atoms. The van der Waals surface area contributed by atoms with Gasteiger partial charge in [0.05, 0.1) is 5.56 Å². The highest BCUT2D eigenvalue weighted by Gasteiger charge is 2.24. The molecule has 0 aromatic heterocycles. The molecule has 0 radical (unpaired) electrons. The number of benzene rings is 3. The summed E-state index contributed by atoms with van der Waals surface area (Å²) in [6.07, 6.45) is 0. The molecule has 24 heavy (non-hydrogen) atoms. The molecule has 4 heteroatoms. The number of amides is 1. The van der Waals surface area contributed by atoms with Gasteiger partial charge in [0.15, 0.2) is 11.5 Å². The zero-order valence-corrected chi connectivity index (χ0v) is 13.4. The second-order valence-electron chi connectivity index (χ2n) is 5.84. The Morgan fingerprint density at radius 1 is 1.00 bits per heavy atom. The van der Waals surface area contributed by atoms with Gasteiger partial charge < -0.3 is 14.4 Å². The Morgan fingerprint density at radius 3 is 2.71 bits per heavy atom. The minimum absolute atomic E-state index is 0.0784. The molecule has 0 aliphatic carbocycles. The normalized spacial score (nSPS) is 12.4. The lowest BCUT2D eigenvalue weighted by Crippen LogP contribution is -2.26. The Morgan fingerprint density at radius 2 is 1.79 bits per heavy atom. The van der Waals surface area contributed by atoms with E-state index in [1.807, 2.05) is 30.3 Å². The highest BCUT2D eigenvalue weighted by atomic mass is 16.7. The van der Waals surface area contributed by atoms with Gasteiger partial charge in [-0.15, -0.1) is 0 Å². The van der Waals surface area contributed by atoms with Gasteiger partial charge in [0.1, 0.15) is 0 Å². The molecular weight excluding hydrogens is 302 g/mol. The van der Waals surface area contributed by atoms with Crippen LogP contribution in [-0.2, 0) is 6.54 Å². The van der Waals surface area contributed by atoms with Crippen molar-refractivity contribution in [2.24, 2.45) is 0 Å². The van der Waals surface area contributed by atoms with E-state index < -0.39 is 0 Å². The zero-order valence-electron chi connectivity index (χ0n) is 13.4. The molecule has 3 aromatic rings. The average molecular weight is 319 g/mol. The topological polar surface area (TPSA) is 38.8 Å². The lowest BCUT2D eigenvalue weighted by atomic mass is 10.0. The summed E-state index contributed by atoms with van der Waals surface area (Å²) in [4.78, 5) is 14.5. The maximum atomic E-state index is 12.8. The Balaban J connectivity index is 1.63. The first kappa shape index (κ1) is 14.6. The zero-order chi connectivity index (χ0) is 16.5. The van der Waals surface area contributed by atoms with E-state index in [1.165, 1.54) is 5.39 Å². The van der Waals surface area contributed by atoms with Gasteiger partial charge in [-0.05, 0) is 28.5 Å². The van der Waals surface area contributed by atoms with Crippen molar-refractivity contribution >= 4 is 16.7 Å². The molecule has 4 rings (SSSR count). The Hall–Kier alpha value is -3.01. The number of rotatable bonds is 3. The maximum Gasteiger partial charge on any atom is 0.257 e. The van der Waals surface area contributed by atoms with Crippen molar-refractivity contribution in [1.82, 2.24) is 4.90 Å². The van der Waals surface area contributed by atoms with Crippen molar-refractivity contribution in [3.05, 3.63) is 71.8 Å². The molecule has 1 aliphatic heterocycles. The highest BCUT2D eigenvalue weighted by Crippen LogP contribution is 2.36. The number of fused-ring (bicyclic) bond motifs is 2. The first-order valence-corrected chi connectivity index (χ1v) is 7.85. The number of para-hydroxylation sites is 1. The van der Waals surface area contributed by atoms with Gasteiger partial charge in [0.25, 0.3) is 5.91 Å². The molecule has 0 N–H and O–H groups in total. The molecule has 1 aliphatic rings. The molecule has 0 atom stereocenters. The van der Waals surface area contributed by atoms with Crippen LogP contribution in [0.3, 0.4) is 0 Å². The van der Waals surface area contributed by atoms with Crippen molar-refractivity contribution in [1.29, 1.82) is 0 Å². The second kappa shape index (κ2) is 5.89. The number of ether oxygens (including phenoxy) is 2. The van der Waals surface area contributed by atoms with Crippen molar-refractivity contribution in [2.75, 3.05) is 13.8 Å². The molecule has 1 heterocycles. The summed E-state index contributed by atoms with van der Waals surface area (Å²) in [6, 6.07) is 19.8. The average Bonchev–Trinajstić information content (AvgIpc) is 3.10. The van der Waals surface area contributed by atoms with Gasteiger partial charge in [0.2, 0.25) is 6.79 Å². The van der Waals surface area contributed by atoms with Crippen LogP contribution in [0.2, 0.25) is 0 Å². The molecule has 120 valence electrons. The van der Waals surface area contributed by atoms with E-state index in [4.69, 9.17) is 9.47 Å². The summed E-state index contributed by atoms with van der Waals surface area (Å²) in [5, 5.41) is 2.34. The van der Waals surface area contributed by atoms with Crippen LogP contribution in [0.15, 0.2) is 60.7 Å². The summed E-state index contributed by atoms with van der Waals surface area (Å²) in [5.74, 6) is 1.08. The van der Waals surface area contributed by atoms with Crippen LogP contribution in [0, 0.1) is 0 Å². The number of hydrogen-bond donors (Lipinski definition) is 0. The minimum Gasteiger partial charge on any atom is -0.454 e. The summed E-state index contributed by atoms with van der Waals surface area (Å²) >= 11 is 0. The van der Waals surface area contributed by atoms with Crippen molar-refractivity contribution < 1.29 is 14.3 Å². The lowest BCUT2D eigenvalue weighted by molar-refractivity contribution is 0.0781. The third-order valence-electron chi connectivity index (χ3n) is 4.26. The van der Waals surface area contributed by atoms with Gasteiger partial charge in [-0.25, -0.2) is 0 Å². The van der Waals surface area contributed by atoms with Gasteiger partial charge in [-0.2, -0.15) is 0 Å². The Kier molecular flexibility index (Phi) is 3.58. The second-order valence-corrected chi connectivity index (χ2v) is 5.84. The maximum absolute atomic E-state index is 12.8. The van der Waals surface area contributed by atoms with Crippen LogP contribution >= 0.6 is 0 Å². The first-order valence-electron chi connectivity index (χ1n) is 7.85. The molecule has 1 amide bonds. The van der Waals surface area contributed by atoms with Gasteiger partial charge in [0, 0.05) is 13.6 Å². The summed E-state index contributed by atoms with van der Waals surface area (Å²) in [5.41, 5.74) is 1.65. The van der Waals surface area contributed by atoms with E-state index in [0.29, 0.717) is 23.6 Å². The lowest BCUT2D eigenvalue weighted by Gasteiger charge is -2.19. The van der Waals surface area contributed by atoms with Crippen LogP contribution in [0.5, 0.6) is 11.5 Å². The molecule has 0 spiro atoms. The van der Waals surface area contributed by atoms with E-state index in [0.717, 1.165) is 10.9 Å². The van der Waals surface area contributed by atoms with E-state index in [-0.39, 0.29) is 12.7 Å². The van der Waals surface area contributed by atoms with Crippen LogP contribution in [-0.4, -0.2) is 24.6 Å². The molecule has 0 fully saturated rings. The van der Waals surface area contributed by atoms with Crippen molar-refractivity contribution in [3.63, 3.8) is 0 Å². The predicted molar refractivity (Wildman–Crippen MR) is 92.3 cm³/mol. The fraction of sp³-hybridized carbons (Fsp3) is 0.150. The number of carbonyl (C=O) groups excluding carboxylic acids is 1. The van der Waals surface area contributed by atoms with Gasteiger partial charge >= 0.3 is 0 Å². The smallest absolute Gasteiger partial charge is 0.257 e. The van der Waals surface area contributed by atoms with Crippen LogP contribution < -0.4 is 9.47 Å². The summed E-state index contributed by atoms with van der Waals surface area (Å²) in [7, 11) is 1.80. The molecule has 0 saturated heterocycles. The SMILES string of the molecule is CN(Cc1cccc2ccccc12)C(=O)c1cccc2c1OCO2. The number of nitrogens with zero attached hydrogens (tertiary/aromatic N) is 1. The van der Waals surface area contributed by atoms with E-state index >= 15 is 0 Å². The first-order chi connectivity index (χ1) is 11.7. The quantitative estimate of drug-likeness (QED) is 0.736. The molecule has 4 nitrogen and oxygen atoms in total. The van der Waals surface area contributed by atoms with Gasteiger partial charge in [-0.3, -0.25) is 4.79 Å². The Labute approximate surface area is 140 Å². The van der Waals surface area contributed by atoms with E-state index in [1.54, 1.807) is 18.0 Å². The summed E-state index contributed by atoms with van der Waals surface area (Å²) in [6.45, 7) is 0.692. The molecule has 0 unspecified atom stereocenters. The number of carbonyl (C=O) groups is 1. The predicted octanol–water partition coefficient (Wildman–Crippen LogP) is 3.84. The fourth-order valence-electron chi connectivity index (χ4n) is 3.06. The van der Waals surface area contributed by atoms with E-state index in [2.05, 4.69) is 24.3 Å². The standard InChI is InChI=1S/C20H17NO3/c1-21(12-15-8-4-7-14-6-2-3-9-16(14)15)20(22)17-10-5-11-18-19(17)24-13-23-18/h2-11H,12-13H2,1H3. The van der Waals surface area contributed by atoms with Crippen molar-refractivity contribution in [2.45, 2.75) is 6.54 Å². The Bertz CT molecular complexity index is 914. The third-order valence-corrected chi connectivity index (χ3v) is 4.26. The van der Waals surface area contributed by atoms with Crippen LogP contribution in [0.25, 0.3) is 10.8 Å². The van der Waals surface area contributed by atoms with E-state index in [9.17, 15) is 4.79 Å². The third kappa shape index (κ3) is 2.46. The van der Waals surface area contributed by atoms with Gasteiger partial charge in [-0.1, -0.05) is 48.5 Å². The summed E-state index contributed by atoms with van der Waals surface area (Å²) < 4.78 is 10.8. The monoisotopic (exact) mass is 319 g/mol. The highest BCUT2D eigenvalue weighted by molar-refractivity contribution is 5.98. The van der Waals surface area contributed by atoms with Crippen molar-refractivity contribution in [3.8, 4) is 11.5 Å².